The molecule has 1 aromatic heterocycles. The van der Waals surface area contributed by atoms with E-state index in [0.717, 1.165) is 18.8 Å². The van der Waals surface area contributed by atoms with Crippen LogP contribution < -0.4 is 10.2 Å². The molecule has 0 saturated carbocycles. The second-order valence-electron chi connectivity index (χ2n) is 4.04. The smallest absolute Gasteiger partial charge is 0.124 e. The number of anilines is 1. The van der Waals surface area contributed by atoms with E-state index in [1.165, 1.54) is 12.8 Å². The van der Waals surface area contributed by atoms with Crippen molar-refractivity contribution in [1.29, 1.82) is 0 Å². The third kappa shape index (κ3) is 2.67. The summed E-state index contributed by atoms with van der Waals surface area (Å²) in [6, 6.07) is 2.53. The zero-order valence-corrected chi connectivity index (χ0v) is 11.6. The molecule has 2 heterocycles. The van der Waals surface area contributed by atoms with Crippen molar-refractivity contribution in [1.82, 2.24) is 10.3 Å². The number of pyridine rings is 1. The van der Waals surface area contributed by atoms with E-state index in [1.54, 1.807) is 0 Å². The van der Waals surface area contributed by atoms with E-state index >= 15 is 0 Å². The fourth-order valence-corrected chi connectivity index (χ4v) is 2.41. The first-order chi connectivity index (χ1) is 7.70. The molecule has 0 amide bonds. The standard InChI is InChI=1S/C11H15BrClN3/c1-14-8-3-2-4-16(7-8)9-5-10(13)11(12)15-6-9/h5-6,8,14H,2-4,7H2,1H3/t8-/m1/s1. The zero-order valence-electron chi connectivity index (χ0n) is 9.21. The van der Waals surface area contributed by atoms with Gasteiger partial charge in [-0.3, -0.25) is 0 Å². The summed E-state index contributed by atoms with van der Waals surface area (Å²) in [4.78, 5) is 6.56. The van der Waals surface area contributed by atoms with Crippen molar-refractivity contribution in [3.63, 3.8) is 0 Å². The van der Waals surface area contributed by atoms with Gasteiger partial charge in [-0.2, -0.15) is 0 Å². The molecule has 1 aliphatic rings. The van der Waals surface area contributed by atoms with Gasteiger partial charge in [0.2, 0.25) is 0 Å². The molecule has 3 nitrogen and oxygen atoms in total. The summed E-state index contributed by atoms with van der Waals surface area (Å²) in [6.45, 7) is 2.11. The molecule has 1 aromatic rings. The lowest BCUT2D eigenvalue weighted by molar-refractivity contribution is 0.449. The lowest BCUT2D eigenvalue weighted by Crippen LogP contribution is -2.44. The lowest BCUT2D eigenvalue weighted by atomic mass is 10.1. The number of halogens is 2. The Hall–Kier alpha value is -0.320. The van der Waals surface area contributed by atoms with Crippen molar-refractivity contribution in [3.8, 4) is 0 Å². The van der Waals surface area contributed by atoms with Crippen molar-refractivity contribution in [2.45, 2.75) is 18.9 Å². The number of nitrogens with one attached hydrogen (secondary N) is 1. The number of nitrogens with zero attached hydrogens (tertiary/aromatic N) is 2. The van der Waals surface area contributed by atoms with Crippen LogP contribution in [-0.2, 0) is 0 Å². The molecule has 1 saturated heterocycles. The van der Waals surface area contributed by atoms with Crippen molar-refractivity contribution in [2.24, 2.45) is 0 Å². The minimum Gasteiger partial charge on any atom is -0.369 e. The van der Waals surface area contributed by atoms with Crippen LogP contribution in [0.15, 0.2) is 16.9 Å². The monoisotopic (exact) mass is 303 g/mol. The van der Waals surface area contributed by atoms with Crippen LogP contribution in [0.25, 0.3) is 0 Å². The van der Waals surface area contributed by atoms with Crippen molar-refractivity contribution in [2.75, 3.05) is 25.0 Å². The molecule has 0 aliphatic carbocycles. The normalized spacial score (nSPS) is 21.2. The van der Waals surface area contributed by atoms with Crippen LogP contribution in [0, 0.1) is 0 Å². The Kier molecular flexibility index (Phi) is 4.05. The van der Waals surface area contributed by atoms with Crippen LogP contribution in [0.2, 0.25) is 5.02 Å². The maximum Gasteiger partial charge on any atom is 0.124 e. The molecule has 5 heteroatoms. The van der Waals surface area contributed by atoms with Crippen LogP contribution in [0.4, 0.5) is 5.69 Å². The summed E-state index contributed by atoms with van der Waals surface area (Å²) in [6.07, 6.45) is 4.32. The molecule has 0 unspecified atom stereocenters. The van der Waals surface area contributed by atoms with Gasteiger partial charge in [-0.05, 0) is 41.9 Å². The minimum atomic E-state index is 0.566. The van der Waals surface area contributed by atoms with Crippen LogP contribution in [0.3, 0.4) is 0 Å². The maximum atomic E-state index is 6.05. The van der Waals surface area contributed by atoms with Gasteiger partial charge in [0.05, 0.1) is 16.9 Å². The summed E-state index contributed by atoms with van der Waals surface area (Å²) in [5, 5.41) is 4.00. The molecule has 88 valence electrons. The average molecular weight is 305 g/mol. The van der Waals surface area contributed by atoms with Gasteiger partial charge in [0.25, 0.3) is 0 Å². The lowest BCUT2D eigenvalue weighted by Gasteiger charge is -2.34. The summed E-state index contributed by atoms with van der Waals surface area (Å²) in [7, 11) is 2.01. The first-order valence-electron chi connectivity index (χ1n) is 5.44. The molecule has 1 atom stereocenters. The first-order valence-corrected chi connectivity index (χ1v) is 6.61. The SMILES string of the molecule is CN[C@@H]1CCCN(c2cnc(Br)c(Cl)c2)C1. The molecule has 1 N–H and O–H groups in total. The first kappa shape index (κ1) is 12.1. The van der Waals surface area contributed by atoms with E-state index in [4.69, 9.17) is 11.6 Å². The highest BCUT2D eigenvalue weighted by Crippen LogP contribution is 2.26. The van der Waals surface area contributed by atoms with Crippen LogP contribution in [0.1, 0.15) is 12.8 Å². The molecule has 0 radical (unpaired) electrons. The molecule has 0 aromatic carbocycles. The Labute approximate surface area is 109 Å². The number of likely N-dealkylation sites (N-methyl/N-ethyl adjacent to an activating group) is 1. The fraction of sp³-hybridized carbons (Fsp3) is 0.545. The number of piperidine rings is 1. The van der Waals surface area contributed by atoms with Crippen molar-refractivity contribution < 1.29 is 0 Å². The van der Waals surface area contributed by atoms with Crippen LogP contribution in [0.5, 0.6) is 0 Å². The highest BCUT2D eigenvalue weighted by molar-refractivity contribution is 9.10. The molecule has 16 heavy (non-hydrogen) atoms. The van der Waals surface area contributed by atoms with E-state index in [9.17, 15) is 0 Å². The Balaban J connectivity index is 2.13. The maximum absolute atomic E-state index is 6.05. The predicted octanol–water partition coefficient (Wildman–Crippen LogP) is 2.69. The van der Waals surface area contributed by atoms with Gasteiger partial charge >= 0.3 is 0 Å². The van der Waals surface area contributed by atoms with E-state index < -0.39 is 0 Å². The molecule has 0 spiro atoms. The molecule has 1 fully saturated rings. The second kappa shape index (κ2) is 5.34. The summed E-state index contributed by atoms with van der Waals surface area (Å²) in [5.74, 6) is 0. The fourth-order valence-electron chi connectivity index (χ4n) is 2.03. The van der Waals surface area contributed by atoms with Crippen LogP contribution in [-0.4, -0.2) is 31.2 Å². The second-order valence-corrected chi connectivity index (χ2v) is 5.20. The molecule has 1 aliphatic heterocycles. The Bertz CT molecular complexity index is 372. The highest BCUT2D eigenvalue weighted by atomic mass is 79.9. The zero-order chi connectivity index (χ0) is 11.5. The van der Waals surface area contributed by atoms with Gasteiger partial charge in [-0.15, -0.1) is 0 Å². The van der Waals surface area contributed by atoms with Gasteiger partial charge in [0, 0.05) is 19.1 Å². The number of hydrogen-bond acceptors (Lipinski definition) is 3. The van der Waals surface area contributed by atoms with E-state index in [2.05, 4.69) is 31.1 Å². The summed E-state index contributed by atoms with van der Waals surface area (Å²) < 4.78 is 0.708. The average Bonchev–Trinajstić information content (AvgIpc) is 2.33. The Morgan fingerprint density at radius 3 is 3.12 bits per heavy atom. The number of rotatable bonds is 2. The van der Waals surface area contributed by atoms with E-state index in [-0.39, 0.29) is 0 Å². The highest BCUT2D eigenvalue weighted by Gasteiger charge is 2.19. The van der Waals surface area contributed by atoms with Gasteiger partial charge < -0.3 is 10.2 Å². The Morgan fingerprint density at radius 1 is 1.62 bits per heavy atom. The molecular formula is C11H15BrClN3. The van der Waals surface area contributed by atoms with Gasteiger partial charge in [0.1, 0.15) is 4.60 Å². The van der Waals surface area contributed by atoms with Gasteiger partial charge in [-0.1, -0.05) is 11.6 Å². The van der Waals surface area contributed by atoms with Gasteiger partial charge in [-0.25, -0.2) is 4.98 Å². The number of hydrogen-bond donors (Lipinski definition) is 1. The Morgan fingerprint density at radius 2 is 2.44 bits per heavy atom. The number of aromatic nitrogens is 1. The quantitative estimate of drug-likeness (QED) is 0.852. The molecule has 0 bridgehead atoms. The van der Waals surface area contributed by atoms with E-state index in [1.807, 2.05) is 19.3 Å². The predicted molar refractivity (Wildman–Crippen MR) is 71.2 cm³/mol. The van der Waals surface area contributed by atoms with Gasteiger partial charge in [0.15, 0.2) is 0 Å². The summed E-state index contributed by atoms with van der Waals surface area (Å²) in [5.41, 5.74) is 1.10. The minimum absolute atomic E-state index is 0.566. The topological polar surface area (TPSA) is 28.2 Å². The molecule has 2 rings (SSSR count). The van der Waals surface area contributed by atoms with Crippen molar-refractivity contribution >= 4 is 33.2 Å². The third-order valence-electron chi connectivity index (χ3n) is 2.98. The molecular weight excluding hydrogens is 289 g/mol. The summed E-state index contributed by atoms with van der Waals surface area (Å²) >= 11 is 9.36. The van der Waals surface area contributed by atoms with Crippen LogP contribution >= 0.6 is 27.5 Å². The van der Waals surface area contributed by atoms with Crippen molar-refractivity contribution in [3.05, 3.63) is 21.9 Å². The third-order valence-corrected chi connectivity index (χ3v) is 4.12. The largest absolute Gasteiger partial charge is 0.369 e. The van der Waals surface area contributed by atoms with E-state index in [0.29, 0.717) is 15.7 Å².